The number of rotatable bonds is 5. The van der Waals surface area contributed by atoms with Crippen molar-refractivity contribution in [1.82, 2.24) is 5.32 Å². The molecule has 110 valence electrons. The van der Waals surface area contributed by atoms with Crippen molar-refractivity contribution >= 4 is 16.5 Å². The standard InChI is InChI=1S/C15H21NO3S/c1-2-15(17)11-7-8-16-14(9-11)13-6-4-3-5-12(13)10-20(18)19/h3-6,11,14,16,20H,2,7-10H2,1H3. The van der Waals surface area contributed by atoms with Crippen LogP contribution in [0, 0.1) is 5.92 Å². The zero-order valence-electron chi connectivity index (χ0n) is 11.7. The maximum atomic E-state index is 11.9. The average molecular weight is 295 g/mol. The third-order valence-electron chi connectivity index (χ3n) is 3.94. The molecule has 0 spiro atoms. The average Bonchev–Trinajstić information content (AvgIpc) is 2.46. The minimum absolute atomic E-state index is 0.0656. The first-order valence-corrected chi connectivity index (χ1v) is 8.43. The molecule has 4 nitrogen and oxygen atoms in total. The number of piperidine rings is 1. The Morgan fingerprint density at radius 3 is 2.80 bits per heavy atom. The summed E-state index contributed by atoms with van der Waals surface area (Å²) in [4.78, 5) is 11.9. The molecule has 5 heteroatoms. The van der Waals surface area contributed by atoms with E-state index in [1.165, 1.54) is 0 Å². The lowest BCUT2D eigenvalue weighted by Gasteiger charge is -2.30. The predicted octanol–water partition coefficient (Wildman–Crippen LogP) is 1.82. The number of hydrogen-bond donors (Lipinski definition) is 2. The minimum Gasteiger partial charge on any atom is -0.310 e. The number of thiol groups is 1. The first kappa shape index (κ1) is 15.2. The Bertz CT molecular complexity index is 546. The Hall–Kier alpha value is -1.20. The third kappa shape index (κ3) is 3.67. The fourth-order valence-corrected chi connectivity index (χ4v) is 3.46. The van der Waals surface area contributed by atoms with E-state index in [4.69, 9.17) is 0 Å². The molecule has 0 saturated carbocycles. The molecular weight excluding hydrogens is 274 g/mol. The smallest absolute Gasteiger partial charge is 0.144 e. The normalized spacial score (nSPS) is 22.9. The van der Waals surface area contributed by atoms with Gasteiger partial charge in [-0.25, -0.2) is 8.42 Å². The van der Waals surface area contributed by atoms with Crippen LogP contribution in [-0.2, 0) is 21.3 Å². The van der Waals surface area contributed by atoms with E-state index in [1.54, 1.807) is 0 Å². The quantitative estimate of drug-likeness (QED) is 0.813. The molecule has 2 rings (SSSR count). The van der Waals surface area contributed by atoms with Crippen LogP contribution < -0.4 is 5.32 Å². The number of benzene rings is 1. The molecule has 2 unspecified atom stereocenters. The largest absolute Gasteiger partial charge is 0.310 e. The topological polar surface area (TPSA) is 63.2 Å². The van der Waals surface area contributed by atoms with E-state index < -0.39 is 10.7 Å². The van der Waals surface area contributed by atoms with Crippen LogP contribution in [-0.4, -0.2) is 20.7 Å². The van der Waals surface area contributed by atoms with E-state index in [-0.39, 0.29) is 17.7 Å². The zero-order chi connectivity index (χ0) is 14.5. The molecule has 0 aromatic heterocycles. The second-order valence-electron chi connectivity index (χ2n) is 5.24. The van der Waals surface area contributed by atoms with Gasteiger partial charge in [0.2, 0.25) is 0 Å². The molecule has 0 aliphatic carbocycles. The van der Waals surface area contributed by atoms with Crippen molar-refractivity contribution < 1.29 is 13.2 Å². The molecule has 1 aliphatic rings. The van der Waals surface area contributed by atoms with Gasteiger partial charge in [0.15, 0.2) is 0 Å². The van der Waals surface area contributed by atoms with Crippen molar-refractivity contribution in [2.24, 2.45) is 5.92 Å². The second kappa shape index (κ2) is 6.99. The lowest BCUT2D eigenvalue weighted by Crippen LogP contribution is -2.35. The van der Waals surface area contributed by atoms with E-state index in [0.29, 0.717) is 12.2 Å². The van der Waals surface area contributed by atoms with Crippen LogP contribution in [0.4, 0.5) is 0 Å². The fraction of sp³-hybridized carbons (Fsp3) is 0.533. The first-order chi connectivity index (χ1) is 9.61. The summed E-state index contributed by atoms with van der Waals surface area (Å²) in [5.41, 5.74) is 1.85. The summed E-state index contributed by atoms with van der Waals surface area (Å²) >= 11 is 0. The Kier molecular flexibility index (Phi) is 5.31. The van der Waals surface area contributed by atoms with Gasteiger partial charge < -0.3 is 5.32 Å². The summed E-state index contributed by atoms with van der Waals surface area (Å²) in [6, 6.07) is 7.67. The Balaban J connectivity index is 2.20. The molecule has 1 aromatic carbocycles. The van der Waals surface area contributed by atoms with Crippen LogP contribution in [0.25, 0.3) is 0 Å². The Morgan fingerprint density at radius 2 is 2.10 bits per heavy atom. The van der Waals surface area contributed by atoms with Crippen LogP contribution in [0.5, 0.6) is 0 Å². The first-order valence-electron chi connectivity index (χ1n) is 7.07. The summed E-state index contributed by atoms with van der Waals surface area (Å²) in [6.45, 7) is 2.70. The van der Waals surface area contributed by atoms with Gasteiger partial charge in [-0.3, -0.25) is 4.79 Å². The molecule has 1 N–H and O–H groups in total. The maximum absolute atomic E-state index is 11.9. The van der Waals surface area contributed by atoms with Gasteiger partial charge in [-0.05, 0) is 30.5 Å². The van der Waals surface area contributed by atoms with Crippen molar-refractivity contribution in [3.05, 3.63) is 35.4 Å². The van der Waals surface area contributed by atoms with Crippen LogP contribution in [0.2, 0.25) is 0 Å². The van der Waals surface area contributed by atoms with Gasteiger partial charge >= 0.3 is 0 Å². The number of carbonyl (C=O) groups excluding carboxylic acids is 1. The van der Waals surface area contributed by atoms with Crippen molar-refractivity contribution in [3.8, 4) is 0 Å². The second-order valence-corrected chi connectivity index (χ2v) is 6.22. The Labute approximate surface area is 121 Å². The SMILES string of the molecule is CCC(=O)C1CCNC(c2ccccc2C[SH](=O)=O)C1. The van der Waals surface area contributed by atoms with Gasteiger partial charge in [0.1, 0.15) is 16.5 Å². The van der Waals surface area contributed by atoms with Crippen molar-refractivity contribution in [1.29, 1.82) is 0 Å². The Morgan fingerprint density at radius 1 is 1.35 bits per heavy atom. The van der Waals surface area contributed by atoms with Gasteiger partial charge in [-0.15, -0.1) is 0 Å². The van der Waals surface area contributed by atoms with Gasteiger partial charge in [-0.2, -0.15) is 0 Å². The molecule has 20 heavy (non-hydrogen) atoms. The maximum Gasteiger partial charge on any atom is 0.144 e. The number of Topliss-reactive ketones (excluding diaryl/α,β-unsaturated/α-hetero) is 1. The highest BCUT2D eigenvalue weighted by Gasteiger charge is 2.27. The van der Waals surface area contributed by atoms with E-state index in [1.807, 2.05) is 31.2 Å². The summed E-state index contributed by atoms with van der Waals surface area (Å²) in [5, 5.41) is 3.41. The predicted molar refractivity (Wildman–Crippen MR) is 79.2 cm³/mol. The highest BCUT2D eigenvalue weighted by molar-refractivity contribution is 7.71. The number of hydrogen-bond acceptors (Lipinski definition) is 4. The van der Waals surface area contributed by atoms with Crippen LogP contribution in [0.1, 0.15) is 43.4 Å². The van der Waals surface area contributed by atoms with Crippen molar-refractivity contribution in [3.63, 3.8) is 0 Å². The van der Waals surface area contributed by atoms with E-state index in [0.717, 1.165) is 30.5 Å². The van der Waals surface area contributed by atoms with Crippen LogP contribution in [0.15, 0.2) is 24.3 Å². The number of carbonyl (C=O) groups is 1. The summed E-state index contributed by atoms with van der Waals surface area (Å²) in [7, 11) is -2.44. The van der Waals surface area contributed by atoms with Crippen molar-refractivity contribution in [2.75, 3.05) is 6.54 Å². The number of ketones is 1. The number of nitrogens with one attached hydrogen (secondary N) is 1. The lowest BCUT2D eigenvalue weighted by molar-refractivity contribution is -0.123. The summed E-state index contributed by atoms with van der Waals surface area (Å²) in [6.07, 6.45) is 2.21. The van der Waals surface area contributed by atoms with Gasteiger partial charge in [0.05, 0.1) is 5.75 Å². The zero-order valence-corrected chi connectivity index (χ0v) is 12.6. The molecule has 1 aromatic rings. The molecule has 0 bridgehead atoms. The lowest BCUT2D eigenvalue weighted by atomic mass is 9.84. The van der Waals surface area contributed by atoms with Crippen molar-refractivity contribution in [2.45, 2.75) is 38.0 Å². The van der Waals surface area contributed by atoms with E-state index in [9.17, 15) is 13.2 Å². The van der Waals surface area contributed by atoms with Gasteiger partial charge in [0, 0.05) is 18.4 Å². The summed E-state index contributed by atoms with van der Waals surface area (Å²) < 4.78 is 22.0. The van der Waals surface area contributed by atoms with E-state index in [2.05, 4.69) is 5.32 Å². The summed E-state index contributed by atoms with van der Waals surface area (Å²) in [5.74, 6) is 0.472. The van der Waals surface area contributed by atoms with E-state index >= 15 is 0 Å². The molecule has 1 aliphatic heterocycles. The molecule has 0 amide bonds. The fourth-order valence-electron chi connectivity index (χ4n) is 2.89. The minimum atomic E-state index is -2.44. The van der Waals surface area contributed by atoms with Gasteiger partial charge in [-0.1, -0.05) is 31.2 Å². The molecule has 2 atom stereocenters. The van der Waals surface area contributed by atoms with Crippen LogP contribution in [0.3, 0.4) is 0 Å². The molecule has 1 heterocycles. The monoisotopic (exact) mass is 295 g/mol. The molecule has 0 radical (unpaired) electrons. The van der Waals surface area contributed by atoms with Gasteiger partial charge in [0.25, 0.3) is 0 Å². The third-order valence-corrected chi connectivity index (χ3v) is 4.54. The molecule has 1 fully saturated rings. The molecule has 1 saturated heterocycles. The highest BCUT2D eigenvalue weighted by Crippen LogP contribution is 2.30. The van der Waals surface area contributed by atoms with Crippen LogP contribution >= 0.6 is 0 Å². The molecular formula is C15H21NO3S. The highest BCUT2D eigenvalue weighted by atomic mass is 32.2.